The van der Waals surface area contributed by atoms with Crippen molar-refractivity contribution in [2.75, 3.05) is 18.9 Å². The van der Waals surface area contributed by atoms with E-state index >= 15 is 0 Å². The van der Waals surface area contributed by atoms with Gasteiger partial charge in [0.25, 0.3) is 5.91 Å². The van der Waals surface area contributed by atoms with E-state index in [1.807, 2.05) is 31.3 Å². The number of nitrogens with one attached hydrogen (secondary N) is 2. The second-order valence-electron chi connectivity index (χ2n) is 6.97. The van der Waals surface area contributed by atoms with Crippen LogP contribution in [0.25, 0.3) is 0 Å². The molecular formula is C23H25IN4O2. The van der Waals surface area contributed by atoms with Crippen molar-refractivity contribution in [1.29, 1.82) is 0 Å². The molecule has 0 bridgehead atoms. The molecule has 1 aromatic heterocycles. The van der Waals surface area contributed by atoms with Crippen molar-refractivity contribution in [2.45, 2.75) is 19.5 Å². The predicted molar refractivity (Wildman–Crippen MR) is 129 cm³/mol. The molecule has 7 heteroatoms. The molecule has 0 spiro atoms. The number of anilines is 1. The number of nitrogens with zero attached hydrogens (tertiary/aromatic N) is 2. The Morgan fingerprint density at radius 2 is 1.93 bits per heavy atom. The topological polar surface area (TPSA) is 69.9 Å². The maximum atomic E-state index is 12.2. The maximum Gasteiger partial charge on any atom is 0.291 e. The smallest absolute Gasteiger partial charge is 0.291 e. The zero-order valence-corrected chi connectivity index (χ0v) is 19.1. The number of hydrogen-bond acceptors (Lipinski definition) is 3. The van der Waals surface area contributed by atoms with Crippen LogP contribution in [0.1, 0.15) is 27.2 Å². The third-order valence-corrected chi connectivity index (χ3v) is 5.02. The van der Waals surface area contributed by atoms with Crippen LogP contribution >= 0.6 is 24.0 Å². The van der Waals surface area contributed by atoms with Crippen LogP contribution in [0, 0.1) is 0 Å². The summed E-state index contributed by atoms with van der Waals surface area (Å²) >= 11 is 0. The van der Waals surface area contributed by atoms with E-state index in [0.717, 1.165) is 36.7 Å². The summed E-state index contributed by atoms with van der Waals surface area (Å²) in [4.78, 5) is 18.9. The first-order chi connectivity index (χ1) is 14.2. The molecule has 1 aliphatic rings. The number of halogens is 1. The van der Waals surface area contributed by atoms with Crippen LogP contribution in [-0.4, -0.2) is 30.4 Å². The molecule has 0 atom stereocenters. The fourth-order valence-corrected chi connectivity index (χ4v) is 3.55. The summed E-state index contributed by atoms with van der Waals surface area (Å²) in [6.45, 7) is 2.42. The number of fused-ring (bicyclic) bond motifs is 1. The van der Waals surface area contributed by atoms with Crippen LogP contribution in [0.2, 0.25) is 0 Å². The molecule has 1 aliphatic heterocycles. The zero-order chi connectivity index (χ0) is 20.1. The highest BCUT2D eigenvalue weighted by molar-refractivity contribution is 14.0. The molecular weight excluding hydrogens is 491 g/mol. The first-order valence-electron chi connectivity index (χ1n) is 9.69. The van der Waals surface area contributed by atoms with E-state index in [2.05, 4.69) is 44.8 Å². The minimum Gasteiger partial charge on any atom is -0.459 e. The minimum atomic E-state index is -0.261. The fraction of sp³-hybridized carbons (Fsp3) is 0.217. The van der Waals surface area contributed by atoms with E-state index in [1.165, 1.54) is 17.4 Å². The van der Waals surface area contributed by atoms with Crippen molar-refractivity contribution in [3.8, 4) is 0 Å². The molecule has 3 aromatic rings. The lowest BCUT2D eigenvalue weighted by Crippen LogP contribution is -2.43. The molecule has 0 radical (unpaired) electrons. The maximum absolute atomic E-state index is 12.2. The van der Waals surface area contributed by atoms with E-state index in [4.69, 9.17) is 4.42 Å². The van der Waals surface area contributed by atoms with Crippen LogP contribution in [0.15, 0.2) is 76.3 Å². The molecule has 0 saturated heterocycles. The first kappa shape index (κ1) is 21.9. The van der Waals surface area contributed by atoms with E-state index < -0.39 is 0 Å². The molecule has 2 aromatic carbocycles. The van der Waals surface area contributed by atoms with Gasteiger partial charge in [-0.2, -0.15) is 0 Å². The van der Waals surface area contributed by atoms with Crippen molar-refractivity contribution < 1.29 is 9.21 Å². The molecule has 0 aliphatic carbocycles. The largest absolute Gasteiger partial charge is 0.459 e. The van der Waals surface area contributed by atoms with Crippen LogP contribution in [0.4, 0.5) is 5.69 Å². The molecule has 156 valence electrons. The SMILES string of the molecule is CN=C(NCc1cccc(NC(=O)c2ccco2)c1)N1CCc2ccccc2C1.I. The number of hydrogen-bond donors (Lipinski definition) is 2. The summed E-state index contributed by atoms with van der Waals surface area (Å²) in [5.41, 5.74) is 4.55. The van der Waals surface area contributed by atoms with E-state index in [1.54, 1.807) is 12.1 Å². The average molecular weight is 516 g/mol. The Bertz CT molecular complexity index is 1020. The summed E-state index contributed by atoms with van der Waals surface area (Å²) in [6, 6.07) is 19.7. The summed E-state index contributed by atoms with van der Waals surface area (Å²) < 4.78 is 5.14. The van der Waals surface area contributed by atoms with Gasteiger partial charge in [-0.3, -0.25) is 9.79 Å². The standard InChI is InChI=1S/C23H24N4O2.HI/c1-24-23(27-12-11-18-7-2-3-8-19(18)16-27)25-15-17-6-4-9-20(14-17)26-22(28)21-10-5-13-29-21;/h2-10,13-14H,11-12,15-16H2,1H3,(H,24,25)(H,26,28);1H. The molecule has 2 heterocycles. The zero-order valence-electron chi connectivity index (χ0n) is 16.8. The number of amides is 1. The lowest BCUT2D eigenvalue weighted by Gasteiger charge is -2.31. The Hall–Kier alpha value is -2.81. The van der Waals surface area contributed by atoms with E-state index in [9.17, 15) is 4.79 Å². The quantitative estimate of drug-likeness (QED) is 0.309. The highest BCUT2D eigenvalue weighted by Gasteiger charge is 2.18. The Kier molecular flexibility index (Phi) is 7.51. The minimum absolute atomic E-state index is 0. The van der Waals surface area contributed by atoms with Gasteiger partial charge in [-0.25, -0.2) is 0 Å². The van der Waals surface area contributed by atoms with Gasteiger partial charge < -0.3 is 20.0 Å². The Morgan fingerprint density at radius 3 is 2.70 bits per heavy atom. The summed E-state index contributed by atoms with van der Waals surface area (Å²) in [7, 11) is 1.81. The lowest BCUT2D eigenvalue weighted by atomic mass is 10.0. The molecule has 30 heavy (non-hydrogen) atoms. The Labute approximate surface area is 193 Å². The van der Waals surface area contributed by atoms with Crippen molar-refractivity contribution in [1.82, 2.24) is 10.2 Å². The van der Waals surface area contributed by atoms with Gasteiger partial charge in [-0.1, -0.05) is 36.4 Å². The molecule has 0 saturated carbocycles. The lowest BCUT2D eigenvalue weighted by molar-refractivity contribution is 0.0996. The van der Waals surface area contributed by atoms with Gasteiger partial charge in [0.05, 0.1) is 6.26 Å². The first-order valence-corrected chi connectivity index (χ1v) is 9.69. The van der Waals surface area contributed by atoms with Crippen molar-refractivity contribution in [2.24, 2.45) is 4.99 Å². The molecule has 1 amide bonds. The van der Waals surface area contributed by atoms with Crippen molar-refractivity contribution >= 4 is 41.5 Å². The summed E-state index contributed by atoms with van der Waals surface area (Å²) in [6.07, 6.45) is 2.50. The molecule has 0 fully saturated rings. The molecule has 4 rings (SSSR count). The summed E-state index contributed by atoms with van der Waals surface area (Å²) in [5, 5.41) is 6.30. The number of guanidine groups is 1. The number of aliphatic imine (C=N–C) groups is 1. The van der Waals surface area contributed by atoms with Gasteiger partial charge in [0.15, 0.2) is 11.7 Å². The van der Waals surface area contributed by atoms with Gasteiger partial charge in [0, 0.05) is 32.4 Å². The average Bonchev–Trinajstić information content (AvgIpc) is 3.29. The van der Waals surface area contributed by atoms with Crippen LogP contribution in [0.3, 0.4) is 0 Å². The third-order valence-electron chi connectivity index (χ3n) is 5.02. The highest BCUT2D eigenvalue weighted by Crippen LogP contribution is 2.19. The van der Waals surface area contributed by atoms with Crippen molar-refractivity contribution in [3.05, 3.63) is 89.4 Å². The van der Waals surface area contributed by atoms with Crippen molar-refractivity contribution in [3.63, 3.8) is 0 Å². The second-order valence-corrected chi connectivity index (χ2v) is 6.97. The number of carbonyl (C=O) groups is 1. The number of benzene rings is 2. The number of rotatable bonds is 4. The van der Waals surface area contributed by atoms with Gasteiger partial charge in [-0.15, -0.1) is 24.0 Å². The molecule has 2 N–H and O–H groups in total. The highest BCUT2D eigenvalue weighted by atomic mass is 127. The van der Waals surface area contributed by atoms with Gasteiger partial charge in [-0.05, 0) is 47.4 Å². The van der Waals surface area contributed by atoms with E-state index in [-0.39, 0.29) is 29.9 Å². The second kappa shape index (κ2) is 10.3. The Balaban J connectivity index is 0.00000256. The number of carbonyl (C=O) groups excluding carboxylic acids is 1. The monoisotopic (exact) mass is 516 g/mol. The predicted octanol–water partition coefficient (Wildman–Crippen LogP) is 4.28. The molecule has 0 unspecified atom stereocenters. The van der Waals surface area contributed by atoms with Gasteiger partial charge in [0.1, 0.15) is 0 Å². The normalized spacial score (nSPS) is 13.2. The van der Waals surface area contributed by atoms with Crippen LogP contribution in [0.5, 0.6) is 0 Å². The third kappa shape index (κ3) is 5.21. The van der Waals surface area contributed by atoms with E-state index in [0.29, 0.717) is 12.3 Å². The van der Waals surface area contributed by atoms with Crippen LogP contribution < -0.4 is 10.6 Å². The van der Waals surface area contributed by atoms with Gasteiger partial charge in [0.2, 0.25) is 0 Å². The fourth-order valence-electron chi connectivity index (χ4n) is 3.55. The number of furan rings is 1. The van der Waals surface area contributed by atoms with Gasteiger partial charge >= 0.3 is 0 Å². The Morgan fingerprint density at radius 1 is 1.10 bits per heavy atom. The molecule has 6 nitrogen and oxygen atoms in total. The summed E-state index contributed by atoms with van der Waals surface area (Å²) in [5.74, 6) is 0.909. The van der Waals surface area contributed by atoms with Crippen LogP contribution in [-0.2, 0) is 19.5 Å².